The number of hydrogen-bond acceptors (Lipinski definition) is 2. The maximum atomic E-state index is 13.5. The minimum absolute atomic E-state index is 0.0570. The van der Waals surface area contributed by atoms with E-state index in [2.05, 4.69) is 35.8 Å². The standard InChI is InChI=1S/C15H22FN.C14H20FN/c1-3-9-17-10-7-13(8-11-17)14-5-4-6-15(16)12(14)2;1-3-16-9-7-12(8-10-16)13-5-4-6-14(15)11(13)2/h4-6,13H,3,7-11H2,1-2H3;4-6,12H,3,7-10H2,1-2H3. The molecule has 4 rings (SSSR count). The van der Waals surface area contributed by atoms with Crippen LogP contribution in [0, 0.1) is 25.5 Å². The van der Waals surface area contributed by atoms with Gasteiger partial charge < -0.3 is 9.80 Å². The van der Waals surface area contributed by atoms with Crippen molar-refractivity contribution in [3.63, 3.8) is 0 Å². The van der Waals surface area contributed by atoms with Crippen LogP contribution in [0.3, 0.4) is 0 Å². The molecule has 0 bridgehead atoms. The van der Waals surface area contributed by atoms with E-state index in [9.17, 15) is 8.78 Å². The number of piperidine rings is 2. The molecule has 182 valence electrons. The minimum atomic E-state index is -0.0598. The Morgan fingerprint density at radius 1 is 0.697 bits per heavy atom. The van der Waals surface area contributed by atoms with E-state index in [0.717, 1.165) is 56.7 Å². The molecule has 2 aliphatic rings. The van der Waals surface area contributed by atoms with E-state index >= 15 is 0 Å². The van der Waals surface area contributed by atoms with Crippen molar-refractivity contribution in [1.82, 2.24) is 9.80 Å². The van der Waals surface area contributed by atoms with Gasteiger partial charge in [-0.15, -0.1) is 0 Å². The molecule has 0 unspecified atom stereocenters. The average Bonchev–Trinajstić information content (AvgIpc) is 2.84. The molecule has 0 saturated carbocycles. The molecule has 33 heavy (non-hydrogen) atoms. The van der Waals surface area contributed by atoms with Crippen molar-refractivity contribution < 1.29 is 8.78 Å². The summed E-state index contributed by atoms with van der Waals surface area (Å²) >= 11 is 0. The molecule has 0 amide bonds. The molecule has 0 spiro atoms. The lowest BCUT2D eigenvalue weighted by Crippen LogP contribution is -2.33. The Hall–Kier alpha value is -1.78. The number of rotatable bonds is 5. The van der Waals surface area contributed by atoms with Crippen LogP contribution in [0.15, 0.2) is 36.4 Å². The van der Waals surface area contributed by atoms with Crippen LogP contribution in [0.4, 0.5) is 8.78 Å². The topological polar surface area (TPSA) is 6.48 Å². The highest BCUT2D eigenvalue weighted by Crippen LogP contribution is 2.32. The summed E-state index contributed by atoms with van der Waals surface area (Å²) in [5.74, 6) is 0.992. The zero-order chi connectivity index (χ0) is 23.8. The number of nitrogens with zero attached hydrogens (tertiary/aromatic N) is 2. The summed E-state index contributed by atoms with van der Waals surface area (Å²) in [6.07, 6.45) is 5.90. The summed E-state index contributed by atoms with van der Waals surface area (Å²) in [4.78, 5) is 4.98. The average molecular weight is 457 g/mol. The molecule has 2 fully saturated rings. The Morgan fingerprint density at radius 2 is 1.12 bits per heavy atom. The van der Waals surface area contributed by atoms with E-state index in [1.807, 2.05) is 26.0 Å². The molecule has 2 aromatic carbocycles. The molecule has 2 heterocycles. The van der Waals surface area contributed by atoms with Gasteiger partial charge in [-0.25, -0.2) is 8.78 Å². The number of likely N-dealkylation sites (tertiary alicyclic amines) is 2. The number of benzene rings is 2. The van der Waals surface area contributed by atoms with Crippen LogP contribution in [-0.4, -0.2) is 49.1 Å². The smallest absolute Gasteiger partial charge is 0.126 e. The van der Waals surface area contributed by atoms with Gasteiger partial charge in [0, 0.05) is 0 Å². The Kier molecular flexibility index (Phi) is 9.88. The fourth-order valence-corrected chi connectivity index (χ4v) is 5.48. The summed E-state index contributed by atoms with van der Waals surface area (Å²) in [7, 11) is 0. The summed E-state index contributed by atoms with van der Waals surface area (Å²) < 4.78 is 27.0. The maximum absolute atomic E-state index is 13.5. The first-order valence-corrected chi connectivity index (χ1v) is 12.9. The SMILES string of the molecule is CCCN1CCC(c2cccc(F)c2C)CC1.CCN1CCC(c2cccc(F)c2C)CC1. The molecule has 0 aliphatic carbocycles. The molecule has 0 radical (unpaired) electrons. The Balaban J connectivity index is 0.000000186. The van der Waals surface area contributed by atoms with Crippen molar-refractivity contribution >= 4 is 0 Å². The van der Waals surface area contributed by atoms with Gasteiger partial charge in [0.05, 0.1) is 0 Å². The molecule has 0 aromatic heterocycles. The van der Waals surface area contributed by atoms with Gasteiger partial charge in [0.15, 0.2) is 0 Å². The third kappa shape index (κ3) is 6.86. The molecule has 0 N–H and O–H groups in total. The maximum Gasteiger partial charge on any atom is 0.126 e. The molecule has 2 saturated heterocycles. The largest absolute Gasteiger partial charge is 0.304 e. The second-order valence-electron chi connectivity index (χ2n) is 9.73. The Labute approximate surface area is 200 Å². The molecule has 2 aromatic rings. The van der Waals surface area contributed by atoms with Crippen LogP contribution in [0.5, 0.6) is 0 Å². The lowest BCUT2D eigenvalue weighted by atomic mass is 9.86. The monoisotopic (exact) mass is 456 g/mol. The lowest BCUT2D eigenvalue weighted by Gasteiger charge is -2.32. The predicted octanol–water partition coefficient (Wildman–Crippen LogP) is 7.06. The number of halogens is 2. The fraction of sp³-hybridized carbons (Fsp3) is 0.586. The third-order valence-corrected chi connectivity index (χ3v) is 7.66. The van der Waals surface area contributed by atoms with E-state index in [4.69, 9.17) is 0 Å². The van der Waals surface area contributed by atoms with Crippen LogP contribution in [0.25, 0.3) is 0 Å². The quantitative estimate of drug-likeness (QED) is 0.475. The summed E-state index contributed by atoms with van der Waals surface area (Å²) in [5.41, 5.74) is 4.13. The van der Waals surface area contributed by atoms with Gasteiger partial charge in [0.2, 0.25) is 0 Å². The molecular formula is C29H42F2N2. The zero-order valence-corrected chi connectivity index (χ0v) is 21.0. The molecule has 4 heteroatoms. The summed E-state index contributed by atoms with van der Waals surface area (Å²) in [6, 6.07) is 11.0. The molecule has 2 nitrogen and oxygen atoms in total. The van der Waals surface area contributed by atoms with E-state index < -0.39 is 0 Å². The second-order valence-corrected chi connectivity index (χ2v) is 9.73. The third-order valence-electron chi connectivity index (χ3n) is 7.66. The van der Waals surface area contributed by atoms with Gasteiger partial charge in [-0.3, -0.25) is 0 Å². The van der Waals surface area contributed by atoms with Crippen LogP contribution < -0.4 is 0 Å². The van der Waals surface area contributed by atoms with E-state index in [1.54, 1.807) is 12.1 Å². The Bertz CT molecular complexity index is 866. The first kappa shape index (κ1) is 25.8. The van der Waals surface area contributed by atoms with Gasteiger partial charge >= 0.3 is 0 Å². The highest BCUT2D eigenvalue weighted by Gasteiger charge is 2.22. The van der Waals surface area contributed by atoms with E-state index in [0.29, 0.717) is 11.8 Å². The van der Waals surface area contributed by atoms with Crippen molar-refractivity contribution in [1.29, 1.82) is 0 Å². The van der Waals surface area contributed by atoms with Gasteiger partial charge in [-0.1, -0.05) is 38.1 Å². The molecule has 2 aliphatic heterocycles. The normalized spacial score (nSPS) is 18.7. The van der Waals surface area contributed by atoms with Gasteiger partial charge in [0.1, 0.15) is 11.6 Å². The van der Waals surface area contributed by atoms with Crippen molar-refractivity contribution in [2.24, 2.45) is 0 Å². The minimum Gasteiger partial charge on any atom is -0.304 e. The first-order valence-electron chi connectivity index (χ1n) is 12.9. The van der Waals surface area contributed by atoms with Gasteiger partial charge in [0.25, 0.3) is 0 Å². The van der Waals surface area contributed by atoms with Crippen molar-refractivity contribution in [2.45, 2.75) is 71.6 Å². The van der Waals surface area contributed by atoms with Crippen molar-refractivity contribution in [3.05, 3.63) is 70.3 Å². The summed E-state index contributed by atoms with van der Waals surface area (Å²) in [5, 5.41) is 0. The first-order chi connectivity index (χ1) is 15.9. The molecular weight excluding hydrogens is 414 g/mol. The summed E-state index contributed by atoms with van der Waals surface area (Å²) in [6.45, 7) is 15.2. The highest BCUT2D eigenvalue weighted by molar-refractivity contribution is 5.31. The van der Waals surface area contributed by atoms with Crippen molar-refractivity contribution in [2.75, 3.05) is 39.3 Å². The number of hydrogen-bond donors (Lipinski definition) is 0. The Morgan fingerprint density at radius 3 is 1.52 bits per heavy atom. The fourth-order valence-electron chi connectivity index (χ4n) is 5.48. The predicted molar refractivity (Wildman–Crippen MR) is 135 cm³/mol. The van der Waals surface area contributed by atoms with Gasteiger partial charge in [-0.05, 0) is 131 Å². The lowest BCUT2D eigenvalue weighted by molar-refractivity contribution is 0.212. The molecule has 0 atom stereocenters. The van der Waals surface area contributed by atoms with E-state index in [-0.39, 0.29) is 11.6 Å². The van der Waals surface area contributed by atoms with Crippen LogP contribution in [0.2, 0.25) is 0 Å². The van der Waals surface area contributed by atoms with Crippen LogP contribution in [-0.2, 0) is 0 Å². The van der Waals surface area contributed by atoms with Gasteiger partial charge in [-0.2, -0.15) is 0 Å². The van der Waals surface area contributed by atoms with Crippen LogP contribution >= 0.6 is 0 Å². The second kappa shape index (κ2) is 12.6. The van der Waals surface area contributed by atoms with E-state index in [1.165, 1.54) is 36.9 Å². The highest BCUT2D eigenvalue weighted by atomic mass is 19.1. The zero-order valence-electron chi connectivity index (χ0n) is 21.0. The van der Waals surface area contributed by atoms with Crippen LogP contribution in [0.1, 0.15) is 80.0 Å². The van der Waals surface area contributed by atoms with Crippen molar-refractivity contribution in [3.8, 4) is 0 Å².